The van der Waals surface area contributed by atoms with Crippen molar-refractivity contribution in [1.29, 1.82) is 0 Å². The molecule has 0 unspecified atom stereocenters. The van der Waals surface area contributed by atoms with Crippen LogP contribution in [0.1, 0.15) is 0 Å². The van der Waals surface area contributed by atoms with Crippen LogP contribution in [0, 0.1) is 0 Å². The Kier molecular flexibility index (Phi) is 5.22. The number of hydrogen-bond acceptors (Lipinski definition) is 5. The van der Waals surface area contributed by atoms with Crippen molar-refractivity contribution in [2.24, 2.45) is 0 Å². The third kappa shape index (κ3) is 3.40. The monoisotopic (exact) mass is 273 g/mol. The summed E-state index contributed by atoms with van der Waals surface area (Å²) in [5.41, 5.74) is 0. The standard InChI is InChI=1S/C10H8O6S.H3N/c11-9(12)6-8(10(13)14)17(15,16)7-4-2-1-3-5-7;/h1-6H,(H,11,12)(H,13,14);1H3/b8-6+;. The van der Waals surface area contributed by atoms with Crippen molar-refractivity contribution in [3.63, 3.8) is 0 Å². The summed E-state index contributed by atoms with van der Waals surface area (Å²) < 4.78 is 23.6. The van der Waals surface area contributed by atoms with E-state index in [0.29, 0.717) is 0 Å². The molecule has 7 nitrogen and oxygen atoms in total. The second-order valence-electron chi connectivity index (χ2n) is 2.97. The van der Waals surface area contributed by atoms with Gasteiger partial charge >= 0.3 is 11.9 Å². The number of carboxylic acids is 2. The maximum Gasteiger partial charge on any atom is 0.348 e. The van der Waals surface area contributed by atoms with E-state index in [1.807, 2.05) is 0 Å². The van der Waals surface area contributed by atoms with E-state index in [4.69, 9.17) is 10.2 Å². The number of rotatable bonds is 4. The summed E-state index contributed by atoms with van der Waals surface area (Å²) in [6.45, 7) is 0. The maximum atomic E-state index is 11.8. The van der Waals surface area contributed by atoms with E-state index in [0.717, 1.165) is 0 Å². The molecule has 98 valence electrons. The first kappa shape index (κ1) is 15.8. The van der Waals surface area contributed by atoms with Gasteiger partial charge in [0.2, 0.25) is 9.84 Å². The Morgan fingerprint density at radius 1 is 1.06 bits per heavy atom. The van der Waals surface area contributed by atoms with E-state index in [1.54, 1.807) is 6.07 Å². The SMILES string of the molecule is N.O=C(O)/C=C(\C(=O)O)S(=O)(=O)c1ccccc1. The molecule has 1 aromatic rings. The van der Waals surface area contributed by atoms with Gasteiger partial charge in [-0.25, -0.2) is 18.0 Å². The smallest absolute Gasteiger partial charge is 0.348 e. The van der Waals surface area contributed by atoms with Crippen molar-refractivity contribution in [2.45, 2.75) is 4.90 Å². The average Bonchev–Trinajstić information content (AvgIpc) is 2.26. The van der Waals surface area contributed by atoms with Crippen LogP contribution in [-0.2, 0) is 19.4 Å². The molecule has 0 amide bonds. The van der Waals surface area contributed by atoms with Gasteiger partial charge in [0.1, 0.15) is 0 Å². The lowest BCUT2D eigenvalue weighted by Gasteiger charge is -2.03. The fourth-order valence-electron chi connectivity index (χ4n) is 1.09. The van der Waals surface area contributed by atoms with E-state index < -0.39 is 26.7 Å². The number of aliphatic carboxylic acids is 2. The lowest BCUT2D eigenvalue weighted by molar-refractivity contribution is -0.134. The van der Waals surface area contributed by atoms with Crippen molar-refractivity contribution < 1.29 is 28.2 Å². The Labute approximate surface area is 103 Å². The average molecular weight is 273 g/mol. The molecule has 0 fully saturated rings. The van der Waals surface area contributed by atoms with Crippen LogP contribution >= 0.6 is 0 Å². The van der Waals surface area contributed by atoms with E-state index in [2.05, 4.69) is 0 Å². The molecule has 0 saturated carbocycles. The van der Waals surface area contributed by atoms with Gasteiger partial charge < -0.3 is 16.4 Å². The minimum atomic E-state index is -4.31. The Morgan fingerprint density at radius 2 is 1.56 bits per heavy atom. The Morgan fingerprint density at radius 3 is 1.94 bits per heavy atom. The normalized spacial score (nSPS) is 11.4. The highest BCUT2D eigenvalue weighted by Crippen LogP contribution is 2.18. The minimum absolute atomic E-state index is 0. The zero-order valence-electron chi connectivity index (χ0n) is 9.11. The Hall–Kier alpha value is -2.19. The second kappa shape index (κ2) is 5.94. The molecule has 0 radical (unpaired) electrons. The van der Waals surface area contributed by atoms with E-state index in [9.17, 15) is 18.0 Å². The van der Waals surface area contributed by atoms with Gasteiger partial charge in [0, 0.05) is 6.08 Å². The Balaban J connectivity index is 0.00000289. The summed E-state index contributed by atoms with van der Waals surface area (Å²) in [6.07, 6.45) is 0.157. The highest BCUT2D eigenvalue weighted by molar-refractivity contribution is 7.96. The molecular formula is C10H11NO6S. The summed E-state index contributed by atoms with van der Waals surface area (Å²) >= 11 is 0. The van der Waals surface area contributed by atoms with Crippen LogP contribution in [0.2, 0.25) is 0 Å². The number of carboxylic acid groups (broad SMARTS) is 2. The molecule has 8 heteroatoms. The predicted octanol–water partition coefficient (Wildman–Crippen LogP) is 0.675. The minimum Gasteiger partial charge on any atom is -0.478 e. The number of sulfone groups is 1. The van der Waals surface area contributed by atoms with Gasteiger partial charge in [0.05, 0.1) is 4.90 Å². The molecule has 0 spiro atoms. The van der Waals surface area contributed by atoms with Gasteiger partial charge in [-0.15, -0.1) is 0 Å². The molecule has 0 saturated heterocycles. The van der Waals surface area contributed by atoms with Crippen molar-refractivity contribution >= 4 is 21.8 Å². The van der Waals surface area contributed by atoms with Gasteiger partial charge in [-0.2, -0.15) is 0 Å². The van der Waals surface area contributed by atoms with Crippen molar-refractivity contribution in [3.8, 4) is 0 Å². The highest BCUT2D eigenvalue weighted by atomic mass is 32.2. The van der Waals surface area contributed by atoms with E-state index in [1.165, 1.54) is 24.3 Å². The predicted molar refractivity (Wildman–Crippen MR) is 62.0 cm³/mol. The lowest BCUT2D eigenvalue weighted by Crippen LogP contribution is -2.15. The molecule has 18 heavy (non-hydrogen) atoms. The third-order valence-electron chi connectivity index (χ3n) is 1.81. The topological polar surface area (TPSA) is 144 Å². The van der Waals surface area contributed by atoms with Crippen molar-refractivity contribution in [2.75, 3.05) is 0 Å². The summed E-state index contributed by atoms with van der Waals surface area (Å²) in [5, 5.41) is 17.1. The van der Waals surface area contributed by atoms with Gasteiger partial charge in [-0.05, 0) is 12.1 Å². The number of carbonyl (C=O) groups is 2. The first-order valence-corrected chi connectivity index (χ1v) is 5.82. The molecule has 0 bridgehead atoms. The lowest BCUT2D eigenvalue weighted by atomic mass is 10.4. The fraction of sp³-hybridized carbons (Fsp3) is 0. The summed E-state index contributed by atoms with van der Waals surface area (Å²) in [5.74, 6) is -3.45. The van der Waals surface area contributed by atoms with Gasteiger partial charge in [0.25, 0.3) is 0 Å². The molecule has 0 aliphatic carbocycles. The molecule has 0 heterocycles. The molecule has 0 aliphatic heterocycles. The van der Waals surface area contributed by atoms with Crippen LogP contribution in [0.25, 0.3) is 0 Å². The van der Waals surface area contributed by atoms with E-state index in [-0.39, 0.29) is 17.1 Å². The van der Waals surface area contributed by atoms with Crippen molar-refractivity contribution in [1.82, 2.24) is 6.15 Å². The zero-order valence-corrected chi connectivity index (χ0v) is 9.92. The highest BCUT2D eigenvalue weighted by Gasteiger charge is 2.27. The third-order valence-corrected chi connectivity index (χ3v) is 3.57. The summed E-state index contributed by atoms with van der Waals surface area (Å²) in [6, 6.07) is 6.75. The first-order chi connectivity index (χ1) is 7.85. The van der Waals surface area contributed by atoms with Gasteiger partial charge in [-0.3, -0.25) is 0 Å². The largest absolute Gasteiger partial charge is 0.478 e. The van der Waals surface area contributed by atoms with Crippen LogP contribution in [0.4, 0.5) is 0 Å². The number of hydrogen-bond donors (Lipinski definition) is 3. The van der Waals surface area contributed by atoms with Gasteiger partial charge in [-0.1, -0.05) is 18.2 Å². The molecular weight excluding hydrogens is 262 g/mol. The van der Waals surface area contributed by atoms with Gasteiger partial charge in [0.15, 0.2) is 4.91 Å². The number of benzene rings is 1. The van der Waals surface area contributed by atoms with Crippen LogP contribution in [0.3, 0.4) is 0 Å². The summed E-state index contributed by atoms with van der Waals surface area (Å²) in [4.78, 5) is 19.7. The zero-order chi connectivity index (χ0) is 13.1. The molecule has 0 aliphatic rings. The van der Waals surface area contributed by atoms with Crippen LogP contribution in [0.5, 0.6) is 0 Å². The fourth-order valence-corrected chi connectivity index (χ4v) is 2.35. The molecule has 5 N–H and O–H groups in total. The summed E-state index contributed by atoms with van der Waals surface area (Å²) in [7, 11) is -4.31. The Bertz CT molecular complexity index is 576. The van der Waals surface area contributed by atoms with Crippen LogP contribution in [0.15, 0.2) is 46.2 Å². The van der Waals surface area contributed by atoms with Crippen molar-refractivity contribution in [3.05, 3.63) is 41.3 Å². The van der Waals surface area contributed by atoms with E-state index >= 15 is 0 Å². The molecule has 0 aromatic heterocycles. The maximum absolute atomic E-state index is 11.8. The van der Waals surface area contributed by atoms with Crippen LogP contribution < -0.4 is 6.15 Å². The quantitative estimate of drug-likeness (QED) is 0.684. The second-order valence-corrected chi connectivity index (χ2v) is 4.89. The molecule has 1 aromatic carbocycles. The molecule has 1 rings (SSSR count). The molecule has 0 atom stereocenters. The first-order valence-electron chi connectivity index (χ1n) is 4.34. The van der Waals surface area contributed by atoms with Crippen LogP contribution in [-0.4, -0.2) is 30.6 Å².